The molecule has 0 aliphatic rings. The van der Waals surface area contributed by atoms with Crippen LogP contribution in [0.2, 0.25) is 0 Å². The van der Waals surface area contributed by atoms with Crippen LogP contribution < -0.4 is 5.73 Å². The maximum Gasteiger partial charge on any atom is 0.103 e. The van der Waals surface area contributed by atoms with E-state index in [9.17, 15) is 0 Å². The van der Waals surface area contributed by atoms with E-state index in [1.165, 1.54) is 0 Å². The third kappa shape index (κ3) is 1.75. The molecule has 5 heteroatoms. The van der Waals surface area contributed by atoms with Gasteiger partial charge in [-0.1, -0.05) is 0 Å². The van der Waals surface area contributed by atoms with Crippen LogP contribution in [0.15, 0.2) is 22.0 Å². The predicted octanol–water partition coefficient (Wildman–Crippen LogP) is 2.37. The maximum absolute atomic E-state index is 5.58. The molecule has 0 radical (unpaired) electrons. The molecule has 74 valence electrons. The fourth-order valence-electron chi connectivity index (χ4n) is 1.27. The van der Waals surface area contributed by atoms with Gasteiger partial charge in [-0.3, -0.25) is 4.68 Å². The summed E-state index contributed by atoms with van der Waals surface area (Å²) in [5.74, 6) is 0. The molecule has 2 aromatic rings. The summed E-state index contributed by atoms with van der Waals surface area (Å²) in [6, 6.07) is 6.10. The lowest BCUT2D eigenvalue weighted by Gasteiger charge is -1.93. The standard InChI is InChI=1S/C9H10BrN3S/c1-13-6(5-11)4-7(12-13)8-2-3-9(10)14-8/h2-4H,5,11H2,1H3. The summed E-state index contributed by atoms with van der Waals surface area (Å²) in [5.41, 5.74) is 7.62. The number of rotatable bonds is 2. The van der Waals surface area contributed by atoms with E-state index < -0.39 is 0 Å². The van der Waals surface area contributed by atoms with Gasteiger partial charge in [0, 0.05) is 13.6 Å². The summed E-state index contributed by atoms with van der Waals surface area (Å²) in [4.78, 5) is 1.16. The SMILES string of the molecule is Cn1nc(-c2ccc(Br)s2)cc1CN. The second kappa shape index (κ2) is 3.84. The molecular formula is C9H10BrN3S. The number of thiophene rings is 1. The topological polar surface area (TPSA) is 43.8 Å². The first-order valence-corrected chi connectivity index (χ1v) is 5.80. The highest BCUT2D eigenvalue weighted by Crippen LogP contribution is 2.30. The molecule has 0 bridgehead atoms. The summed E-state index contributed by atoms with van der Waals surface area (Å²) in [6.07, 6.45) is 0. The van der Waals surface area contributed by atoms with E-state index in [1.54, 1.807) is 11.3 Å². The molecule has 2 rings (SSSR count). The molecule has 0 spiro atoms. The molecule has 0 aromatic carbocycles. The third-order valence-corrected chi connectivity index (χ3v) is 3.66. The lowest BCUT2D eigenvalue weighted by molar-refractivity contribution is 0.714. The molecule has 3 nitrogen and oxygen atoms in total. The molecule has 2 aromatic heterocycles. The Bertz CT molecular complexity index is 447. The van der Waals surface area contributed by atoms with Gasteiger partial charge in [0.2, 0.25) is 0 Å². The van der Waals surface area contributed by atoms with Gasteiger partial charge >= 0.3 is 0 Å². The van der Waals surface area contributed by atoms with Crippen LogP contribution in [-0.4, -0.2) is 9.78 Å². The molecule has 14 heavy (non-hydrogen) atoms. The fourth-order valence-corrected chi connectivity index (χ4v) is 2.61. The fraction of sp³-hybridized carbons (Fsp3) is 0.222. The Morgan fingerprint density at radius 1 is 1.57 bits per heavy atom. The number of hydrogen-bond donors (Lipinski definition) is 1. The van der Waals surface area contributed by atoms with Crippen LogP contribution in [0.4, 0.5) is 0 Å². The first-order valence-electron chi connectivity index (χ1n) is 4.19. The van der Waals surface area contributed by atoms with Crippen LogP contribution in [0.25, 0.3) is 10.6 Å². The summed E-state index contributed by atoms with van der Waals surface area (Å²) in [5, 5.41) is 4.39. The molecule has 0 aliphatic heterocycles. The molecule has 0 amide bonds. The molecule has 2 N–H and O–H groups in total. The number of aromatic nitrogens is 2. The van der Waals surface area contributed by atoms with E-state index in [0.717, 1.165) is 20.1 Å². The summed E-state index contributed by atoms with van der Waals surface area (Å²) in [7, 11) is 1.91. The average molecular weight is 272 g/mol. The molecule has 0 saturated heterocycles. The van der Waals surface area contributed by atoms with Gasteiger partial charge in [0.1, 0.15) is 5.69 Å². The first kappa shape index (κ1) is 9.89. The van der Waals surface area contributed by atoms with E-state index in [0.29, 0.717) is 6.54 Å². The Labute approximate surface area is 94.7 Å². The smallest absolute Gasteiger partial charge is 0.103 e. The van der Waals surface area contributed by atoms with Crippen molar-refractivity contribution in [2.24, 2.45) is 12.8 Å². The largest absolute Gasteiger partial charge is 0.325 e. The zero-order valence-electron chi connectivity index (χ0n) is 7.70. The molecule has 0 saturated carbocycles. The first-order chi connectivity index (χ1) is 6.70. The number of nitrogens with zero attached hydrogens (tertiary/aromatic N) is 2. The van der Waals surface area contributed by atoms with E-state index in [2.05, 4.69) is 27.1 Å². The Morgan fingerprint density at radius 3 is 2.86 bits per heavy atom. The molecule has 0 aliphatic carbocycles. The van der Waals surface area contributed by atoms with Crippen molar-refractivity contribution in [3.8, 4) is 10.6 Å². The normalized spacial score (nSPS) is 10.8. The Hall–Kier alpha value is -0.650. The van der Waals surface area contributed by atoms with Gasteiger partial charge in [0.05, 0.1) is 14.4 Å². The van der Waals surface area contributed by atoms with E-state index >= 15 is 0 Å². The second-order valence-corrected chi connectivity index (χ2v) is 5.42. The minimum atomic E-state index is 0.524. The highest BCUT2D eigenvalue weighted by Gasteiger charge is 2.07. The number of hydrogen-bond acceptors (Lipinski definition) is 3. The van der Waals surface area contributed by atoms with Crippen molar-refractivity contribution in [3.63, 3.8) is 0 Å². The van der Waals surface area contributed by atoms with Gasteiger partial charge in [0.15, 0.2) is 0 Å². The van der Waals surface area contributed by atoms with Crippen molar-refractivity contribution < 1.29 is 0 Å². The highest BCUT2D eigenvalue weighted by molar-refractivity contribution is 9.11. The van der Waals surface area contributed by atoms with Crippen molar-refractivity contribution in [2.45, 2.75) is 6.54 Å². The monoisotopic (exact) mass is 271 g/mol. The number of halogens is 1. The Morgan fingerprint density at radius 2 is 2.36 bits per heavy atom. The minimum absolute atomic E-state index is 0.524. The van der Waals surface area contributed by atoms with Crippen LogP contribution in [0.1, 0.15) is 5.69 Å². The molecule has 0 atom stereocenters. The van der Waals surface area contributed by atoms with Gasteiger partial charge < -0.3 is 5.73 Å². The van der Waals surface area contributed by atoms with Crippen LogP contribution in [0.3, 0.4) is 0 Å². The van der Waals surface area contributed by atoms with Crippen molar-refractivity contribution in [3.05, 3.63) is 27.7 Å². The lowest BCUT2D eigenvalue weighted by Crippen LogP contribution is -2.03. The van der Waals surface area contributed by atoms with Crippen molar-refractivity contribution >= 4 is 27.3 Å². The second-order valence-electron chi connectivity index (χ2n) is 2.95. The molecular weight excluding hydrogens is 262 g/mol. The zero-order chi connectivity index (χ0) is 10.1. The van der Waals surface area contributed by atoms with Crippen LogP contribution in [-0.2, 0) is 13.6 Å². The van der Waals surface area contributed by atoms with Gasteiger partial charge in [0.25, 0.3) is 0 Å². The molecule has 2 heterocycles. The van der Waals surface area contributed by atoms with Crippen molar-refractivity contribution in [1.29, 1.82) is 0 Å². The van der Waals surface area contributed by atoms with Gasteiger partial charge in [-0.05, 0) is 34.1 Å². The average Bonchev–Trinajstić information content (AvgIpc) is 2.71. The van der Waals surface area contributed by atoms with Crippen LogP contribution in [0, 0.1) is 0 Å². The van der Waals surface area contributed by atoms with Crippen molar-refractivity contribution in [2.75, 3.05) is 0 Å². The quantitative estimate of drug-likeness (QED) is 0.912. The number of nitrogens with two attached hydrogens (primary N) is 1. The third-order valence-electron chi connectivity index (χ3n) is 2.01. The van der Waals surface area contributed by atoms with Crippen LogP contribution in [0.5, 0.6) is 0 Å². The summed E-state index contributed by atoms with van der Waals surface area (Å²) >= 11 is 5.10. The Kier molecular flexibility index (Phi) is 2.71. The lowest BCUT2D eigenvalue weighted by atomic mass is 10.3. The molecule has 0 fully saturated rings. The summed E-state index contributed by atoms with van der Waals surface area (Å²) in [6.45, 7) is 0.524. The van der Waals surface area contributed by atoms with Gasteiger partial charge in [-0.2, -0.15) is 5.10 Å². The van der Waals surface area contributed by atoms with Crippen molar-refractivity contribution in [1.82, 2.24) is 9.78 Å². The van der Waals surface area contributed by atoms with Gasteiger partial charge in [-0.25, -0.2) is 0 Å². The maximum atomic E-state index is 5.58. The summed E-state index contributed by atoms with van der Waals surface area (Å²) < 4.78 is 2.94. The molecule has 0 unspecified atom stereocenters. The van der Waals surface area contributed by atoms with Gasteiger partial charge in [-0.15, -0.1) is 11.3 Å². The predicted molar refractivity (Wildman–Crippen MR) is 62.1 cm³/mol. The van der Waals surface area contributed by atoms with Crippen LogP contribution >= 0.6 is 27.3 Å². The Balaban J connectivity index is 2.42. The van der Waals surface area contributed by atoms with E-state index in [4.69, 9.17) is 5.73 Å². The van der Waals surface area contributed by atoms with E-state index in [1.807, 2.05) is 23.9 Å². The zero-order valence-corrected chi connectivity index (χ0v) is 10.1. The highest BCUT2D eigenvalue weighted by atomic mass is 79.9. The van der Waals surface area contributed by atoms with E-state index in [-0.39, 0.29) is 0 Å². The number of aryl methyl sites for hydroxylation is 1. The minimum Gasteiger partial charge on any atom is -0.325 e.